The number of nitrogens with zero attached hydrogens (tertiary/aromatic N) is 2. The smallest absolute Gasteiger partial charge is 0.113 e. The first kappa shape index (κ1) is 12.9. The molecule has 2 aliphatic heterocycles. The van der Waals surface area contributed by atoms with Crippen molar-refractivity contribution in [1.82, 2.24) is 15.2 Å². The topological polar surface area (TPSA) is 28.2 Å². The van der Waals surface area contributed by atoms with Crippen LogP contribution in [0.5, 0.6) is 0 Å². The molecule has 1 N–H and O–H groups in total. The quantitative estimate of drug-likeness (QED) is 0.926. The molecule has 2 saturated heterocycles. The molecular weight excluding hydrogens is 266 g/mol. The molecule has 18 heavy (non-hydrogen) atoms. The Bertz CT molecular complexity index is 389. The van der Waals surface area contributed by atoms with Crippen molar-refractivity contribution in [3.8, 4) is 0 Å². The average Bonchev–Trinajstić information content (AvgIpc) is 3.01. The number of piperidine rings is 1. The van der Waals surface area contributed by atoms with Gasteiger partial charge in [-0.2, -0.15) is 0 Å². The van der Waals surface area contributed by atoms with E-state index in [4.69, 9.17) is 11.6 Å². The van der Waals surface area contributed by atoms with Crippen LogP contribution in [0.3, 0.4) is 0 Å². The molecule has 2 fully saturated rings. The van der Waals surface area contributed by atoms with Gasteiger partial charge in [-0.05, 0) is 44.7 Å². The zero-order valence-electron chi connectivity index (χ0n) is 10.6. The summed E-state index contributed by atoms with van der Waals surface area (Å²) in [6.07, 6.45) is 7.18. The van der Waals surface area contributed by atoms with E-state index in [0.717, 1.165) is 27.8 Å². The molecule has 2 atom stereocenters. The summed E-state index contributed by atoms with van der Waals surface area (Å²) in [5, 5.41) is 4.81. The first-order chi connectivity index (χ1) is 8.81. The molecule has 2 aliphatic rings. The number of nitrogens with one attached hydrogen (secondary N) is 1. The van der Waals surface area contributed by atoms with Crippen molar-refractivity contribution in [2.45, 2.75) is 38.3 Å². The monoisotopic (exact) mass is 285 g/mol. The first-order valence-electron chi connectivity index (χ1n) is 6.87. The molecule has 3 rings (SSSR count). The molecule has 3 heterocycles. The van der Waals surface area contributed by atoms with Crippen LogP contribution in [0.1, 0.15) is 30.7 Å². The average molecular weight is 286 g/mol. The van der Waals surface area contributed by atoms with Crippen LogP contribution in [-0.4, -0.2) is 35.6 Å². The Balaban J connectivity index is 1.56. The summed E-state index contributed by atoms with van der Waals surface area (Å²) >= 11 is 7.55. The lowest BCUT2D eigenvalue weighted by Gasteiger charge is -2.35. The highest BCUT2D eigenvalue weighted by molar-refractivity contribution is 7.15. The van der Waals surface area contributed by atoms with E-state index < -0.39 is 0 Å². The minimum atomic E-state index is 0.757. The van der Waals surface area contributed by atoms with Gasteiger partial charge in [0.05, 0.1) is 12.7 Å². The van der Waals surface area contributed by atoms with Crippen molar-refractivity contribution >= 4 is 22.9 Å². The molecule has 100 valence electrons. The first-order valence-corrected chi connectivity index (χ1v) is 8.06. The largest absolute Gasteiger partial charge is 0.314 e. The zero-order valence-corrected chi connectivity index (χ0v) is 12.1. The number of rotatable bonds is 3. The summed E-state index contributed by atoms with van der Waals surface area (Å²) in [7, 11) is 0. The molecular formula is C13H20ClN3S. The van der Waals surface area contributed by atoms with E-state index in [9.17, 15) is 0 Å². The van der Waals surface area contributed by atoms with Crippen molar-refractivity contribution in [3.63, 3.8) is 0 Å². The molecule has 0 spiro atoms. The van der Waals surface area contributed by atoms with E-state index in [0.29, 0.717) is 0 Å². The SMILES string of the molecule is Clc1cnc(CN2CCCC(C3CCCN3)C2)s1. The fourth-order valence-electron chi connectivity index (χ4n) is 3.23. The molecule has 2 unspecified atom stereocenters. The summed E-state index contributed by atoms with van der Waals surface area (Å²) in [6.45, 7) is 4.61. The highest BCUT2D eigenvalue weighted by atomic mass is 35.5. The van der Waals surface area contributed by atoms with Crippen LogP contribution in [0.4, 0.5) is 0 Å². The molecule has 3 nitrogen and oxygen atoms in total. The Morgan fingerprint density at radius 3 is 3.11 bits per heavy atom. The van der Waals surface area contributed by atoms with Crippen LogP contribution in [-0.2, 0) is 6.54 Å². The van der Waals surface area contributed by atoms with E-state index >= 15 is 0 Å². The van der Waals surface area contributed by atoms with E-state index in [2.05, 4.69) is 15.2 Å². The highest BCUT2D eigenvalue weighted by Gasteiger charge is 2.29. The van der Waals surface area contributed by atoms with Gasteiger partial charge in [0.1, 0.15) is 9.34 Å². The van der Waals surface area contributed by atoms with Gasteiger partial charge in [0.2, 0.25) is 0 Å². The Hall–Kier alpha value is -0.160. The van der Waals surface area contributed by atoms with Crippen LogP contribution >= 0.6 is 22.9 Å². The van der Waals surface area contributed by atoms with Gasteiger partial charge in [-0.3, -0.25) is 4.90 Å². The molecule has 0 bridgehead atoms. The third-order valence-electron chi connectivity index (χ3n) is 4.09. The van der Waals surface area contributed by atoms with E-state index in [1.54, 1.807) is 17.5 Å². The predicted octanol–water partition coefficient (Wildman–Crippen LogP) is 2.76. The maximum absolute atomic E-state index is 5.94. The zero-order chi connectivity index (χ0) is 12.4. The number of hydrogen-bond donors (Lipinski definition) is 1. The van der Waals surface area contributed by atoms with Gasteiger partial charge < -0.3 is 5.32 Å². The summed E-state index contributed by atoms with van der Waals surface area (Å²) in [5.41, 5.74) is 0. The van der Waals surface area contributed by atoms with Gasteiger partial charge >= 0.3 is 0 Å². The number of thiazole rings is 1. The molecule has 5 heteroatoms. The molecule has 0 aromatic carbocycles. The number of halogens is 1. The Morgan fingerprint density at radius 2 is 2.39 bits per heavy atom. The second kappa shape index (κ2) is 5.87. The fourth-order valence-corrected chi connectivity index (χ4v) is 4.23. The maximum Gasteiger partial charge on any atom is 0.113 e. The van der Waals surface area contributed by atoms with Gasteiger partial charge in [0.25, 0.3) is 0 Å². The highest BCUT2D eigenvalue weighted by Crippen LogP contribution is 2.27. The van der Waals surface area contributed by atoms with Gasteiger partial charge in [0, 0.05) is 12.6 Å². The number of likely N-dealkylation sites (tertiary alicyclic amines) is 1. The predicted molar refractivity (Wildman–Crippen MR) is 76.1 cm³/mol. The minimum Gasteiger partial charge on any atom is -0.314 e. The molecule has 1 aromatic heterocycles. The van der Waals surface area contributed by atoms with Crippen LogP contribution in [0.25, 0.3) is 0 Å². The van der Waals surface area contributed by atoms with Crippen LogP contribution < -0.4 is 5.32 Å². The third-order valence-corrected chi connectivity index (χ3v) is 5.19. The summed E-state index contributed by atoms with van der Waals surface area (Å²) < 4.78 is 0.802. The Labute approximate surface area is 118 Å². The van der Waals surface area contributed by atoms with Crippen molar-refractivity contribution in [3.05, 3.63) is 15.5 Å². The molecule has 0 radical (unpaired) electrons. The lowest BCUT2D eigenvalue weighted by atomic mass is 9.90. The van der Waals surface area contributed by atoms with E-state index in [1.807, 2.05) is 0 Å². The van der Waals surface area contributed by atoms with Crippen LogP contribution in [0.2, 0.25) is 4.34 Å². The molecule has 0 saturated carbocycles. The lowest BCUT2D eigenvalue weighted by molar-refractivity contribution is 0.145. The second-order valence-electron chi connectivity index (χ2n) is 5.40. The Kier molecular flexibility index (Phi) is 4.19. The van der Waals surface area contributed by atoms with Crippen molar-refractivity contribution in [2.75, 3.05) is 19.6 Å². The third kappa shape index (κ3) is 3.05. The molecule has 0 aliphatic carbocycles. The van der Waals surface area contributed by atoms with E-state index in [-0.39, 0.29) is 0 Å². The molecule has 0 amide bonds. The minimum absolute atomic E-state index is 0.757. The fraction of sp³-hybridized carbons (Fsp3) is 0.769. The van der Waals surface area contributed by atoms with Crippen LogP contribution in [0.15, 0.2) is 6.20 Å². The maximum atomic E-state index is 5.94. The van der Waals surface area contributed by atoms with Gasteiger partial charge in [-0.1, -0.05) is 11.6 Å². The van der Waals surface area contributed by atoms with Crippen molar-refractivity contribution < 1.29 is 0 Å². The summed E-state index contributed by atoms with van der Waals surface area (Å²) in [4.78, 5) is 6.91. The van der Waals surface area contributed by atoms with Gasteiger partial charge in [-0.25, -0.2) is 4.98 Å². The van der Waals surface area contributed by atoms with Crippen molar-refractivity contribution in [1.29, 1.82) is 0 Å². The van der Waals surface area contributed by atoms with Crippen molar-refractivity contribution in [2.24, 2.45) is 5.92 Å². The van der Waals surface area contributed by atoms with E-state index in [1.165, 1.54) is 45.3 Å². The number of hydrogen-bond acceptors (Lipinski definition) is 4. The summed E-state index contributed by atoms with van der Waals surface area (Å²) in [5.74, 6) is 0.830. The molecule has 1 aromatic rings. The standard InChI is InChI=1S/C13H20ClN3S/c14-12-7-16-13(18-12)9-17-6-2-3-10(8-17)11-4-1-5-15-11/h7,10-11,15H,1-6,8-9H2. The normalized spacial score (nSPS) is 29.8. The van der Waals surface area contributed by atoms with Gasteiger partial charge in [0.15, 0.2) is 0 Å². The lowest BCUT2D eigenvalue weighted by Crippen LogP contribution is -2.43. The number of aromatic nitrogens is 1. The summed E-state index contributed by atoms with van der Waals surface area (Å²) in [6, 6.07) is 0.757. The Morgan fingerprint density at radius 1 is 1.44 bits per heavy atom. The van der Waals surface area contributed by atoms with Gasteiger partial charge in [-0.15, -0.1) is 11.3 Å². The second-order valence-corrected chi connectivity index (χ2v) is 7.14. The van der Waals surface area contributed by atoms with Crippen LogP contribution in [0, 0.1) is 5.92 Å².